The highest BCUT2D eigenvalue weighted by Crippen LogP contribution is 2.38. The van der Waals surface area contributed by atoms with Crippen molar-refractivity contribution in [2.24, 2.45) is 13.0 Å². The van der Waals surface area contributed by atoms with Gasteiger partial charge in [-0.3, -0.25) is 14.5 Å². The Hall–Kier alpha value is -3.09. The third kappa shape index (κ3) is 4.56. The standard InChI is InChI=1S/C25H32N6O/c1-5-21-16(2)24(31(4)30-21)25(32)28-14-18-9-11-19(12-10-18)23-20(15-27-17(3)29-23)22-8-6-7-13-26-22/h6-8,13,15,18-19H,5,9-12,14H2,1-4H3,(H,28,32). The van der Waals surface area contributed by atoms with Crippen molar-refractivity contribution in [3.05, 3.63) is 59.1 Å². The van der Waals surface area contributed by atoms with Crippen molar-refractivity contribution in [3.8, 4) is 11.3 Å². The summed E-state index contributed by atoms with van der Waals surface area (Å²) < 4.78 is 1.71. The maximum absolute atomic E-state index is 12.8. The minimum Gasteiger partial charge on any atom is -0.350 e. The number of nitrogens with zero attached hydrogens (tertiary/aromatic N) is 5. The number of nitrogens with one attached hydrogen (secondary N) is 1. The Bertz CT molecular complexity index is 1080. The normalized spacial score (nSPS) is 18.5. The molecule has 1 N–H and O–H groups in total. The van der Waals surface area contributed by atoms with Gasteiger partial charge in [-0.25, -0.2) is 9.97 Å². The van der Waals surface area contributed by atoms with E-state index in [9.17, 15) is 4.79 Å². The van der Waals surface area contributed by atoms with Crippen LogP contribution in [-0.4, -0.2) is 37.2 Å². The lowest BCUT2D eigenvalue weighted by Crippen LogP contribution is -2.32. The molecule has 0 radical (unpaired) electrons. The first kappa shape index (κ1) is 22.1. The molecule has 0 spiro atoms. The second-order valence-electron chi connectivity index (χ2n) is 8.76. The van der Waals surface area contributed by atoms with Crippen molar-refractivity contribution >= 4 is 5.91 Å². The average molecular weight is 433 g/mol. The third-order valence-electron chi connectivity index (χ3n) is 6.60. The molecule has 0 saturated heterocycles. The molecule has 3 aromatic rings. The third-order valence-corrected chi connectivity index (χ3v) is 6.60. The monoisotopic (exact) mass is 432 g/mol. The molecule has 0 aromatic carbocycles. The Kier molecular flexibility index (Phi) is 6.63. The van der Waals surface area contributed by atoms with Gasteiger partial charge in [0.2, 0.25) is 0 Å². The number of aromatic nitrogens is 5. The van der Waals surface area contributed by atoms with Gasteiger partial charge in [-0.05, 0) is 64.0 Å². The predicted molar refractivity (Wildman–Crippen MR) is 124 cm³/mol. The van der Waals surface area contributed by atoms with Crippen molar-refractivity contribution < 1.29 is 4.79 Å². The number of carbonyl (C=O) groups is 1. The smallest absolute Gasteiger partial charge is 0.269 e. The van der Waals surface area contributed by atoms with Crippen molar-refractivity contribution in [3.63, 3.8) is 0 Å². The lowest BCUT2D eigenvalue weighted by Gasteiger charge is -2.29. The number of aryl methyl sites for hydroxylation is 3. The summed E-state index contributed by atoms with van der Waals surface area (Å²) in [6.45, 7) is 6.69. The fraction of sp³-hybridized carbons (Fsp3) is 0.480. The molecular formula is C25H32N6O. The van der Waals surface area contributed by atoms with E-state index in [0.717, 1.165) is 66.1 Å². The Morgan fingerprint density at radius 1 is 1.16 bits per heavy atom. The number of carbonyl (C=O) groups excluding carboxylic acids is 1. The summed E-state index contributed by atoms with van der Waals surface area (Å²) in [6, 6.07) is 5.94. The highest BCUT2D eigenvalue weighted by atomic mass is 16.2. The van der Waals surface area contributed by atoms with Crippen LogP contribution in [-0.2, 0) is 13.5 Å². The second kappa shape index (κ2) is 9.59. The van der Waals surface area contributed by atoms with Crippen LogP contribution in [0.4, 0.5) is 0 Å². The molecule has 3 heterocycles. The van der Waals surface area contributed by atoms with Gasteiger partial charge in [-0.1, -0.05) is 13.0 Å². The van der Waals surface area contributed by atoms with E-state index < -0.39 is 0 Å². The molecule has 4 rings (SSSR count). The van der Waals surface area contributed by atoms with Crippen molar-refractivity contribution in [2.75, 3.05) is 6.54 Å². The van der Waals surface area contributed by atoms with Crippen LogP contribution in [0.1, 0.15) is 71.8 Å². The van der Waals surface area contributed by atoms with E-state index in [1.807, 2.05) is 51.5 Å². The molecule has 1 aliphatic rings. The van der Waals surface area contributed by atoms with Crippen LogP contribution in [0.5, 0.6) is 0 Å². The molecule has 1 aliphatic carbocycles. The average Bonchev–Trinajstić information content (AvgIpc) is 3.11. The summed E-state index contributed by atoms with van der Waals surface area (Å²) in [5.74, 6) is 1.65. The predicted octanol–water partition coefficient (Wildman–Crippen LogP) is 4.16. The topological polar surface area (TPSA) is 85.6 Å². The quantitative estimate of drug-likeness (QED) is 0.632. The highest BCUT2D eigenvalue weighted by molar-refractivity contribution is 5.94. The van der Waals surface area contributed by atoms with Gasteiger partial charge in [0.1, 0.15) is 11.5 Å². The van der Waals surface area contributed by atoms with Crippen molar-refractivity contribution in [1.29, 1.82) is 0 Å². The molecule has 168 valence electrons. The molecule has 1 amide bonds. The van der Waals surface area contributed by atoms with Crippen LogP contribution >= 0.6 is 0 Å². The Balaban J connectivity index is 1.39. The van der Waals surface area contributed by atoms with E-state index in [1.54, 1.807) is 4.68 Å². The maximum Gasteiger partial charge on any atom is 0.269 e. The largest absolute Gasteiger partial charge is 0.350 e. The molecule has 7 heteroatoms. The molecular weight excluding hydrogens is 400 g/mol. The van der Waals surface area contributed by atoms with Crippen LogP contribution in [0.3, 0.4) is 0 Å². The van der Waals surface area contributed by atoms with Crippen LogP contribution in [0.25, 0.3) is 11.3 Å². The Morgan fingerprint density at radius 3 is 2.59 bits per heavy atom. The van der Waals surface area contributed by atoms with E-state index in [0.29, 0.717) is 24.1 Å². The lowest BCUT2D eigenvalue weighted by molar-refractivity contribution is 0.0932. The molecule has 1 saturated carbocycles. The van der Waals surface area contributed by atoms with E-state index in [4.69, 9.17) is 4.98 Å². The molecule has 1 fully saturated rings. The zero-order chi connectivity index (χ0) is 22.7. The van der Waals surface area contributed by atoms with Crippen LogP contribution in [0.2, 0.25) is 0 Å². The minimum atomic E-state index is -0.0248. The summed E-state index contributed by atoms with van der Waals surface area (Å²) in [5, 5.41) is 7.62. The zero-order valence-corrected chi connectivity index (χ0v) is 19.4. The van der Waals surface area contributed by atoms with E-state index >= 15 is 0 Å². The molecule has 0 bridgehead atoms. The van der Waals surface area contributed by atoms with Gasteiger partial charge < -0.3 is 5.32 Å². The first-order valence-corrected chi connectivity index (χ1v) is 11.5. The van der Waals surface area contributed by atoms with Gasteiger partial charge in [-0.2, -0.15) is 5.10 Å². The fourth-order valence-corrected chi connectivity index (χ4v) is 4.82. The van der Waals surface area contributed by atoms with E-state index in [2.05, 4.69) is 27.3 Å². The first-order chi connectivity index (χ1) is 15.5. The van der Waals surface area contributed by atoms with E-state index in [1.165, 1.54) is 0 Å². The van der Waals surface area contributed by atoms with Crippen molar-refractivity contribution in [1.82, 2.24) is 30.0 Å². The number of hydrogen-bond donors (Lipinski definition) is 1. The van der Waals surface area contributed by atoms with Crippen LogP contribution in [0.15, 0.2) is 30.6 Å². The lowest BCUT2D eigenvalue weighted by atomic mass is 9.79. The number of hydrogen-bond acceptors (Lipinski definition) is 5. The second-order valence-corrected chi connectivity index (χ2v) is 8.76. The Labute approximate surface area is 189 Å². The minimum absolute atomic E-state index is 0.0248. The summed E-state index contributed by atoms with van der Waals surface area (Å²) in [5.41, 5.74) is 5.71. The number of amides is 1. The molecule has 0 atom stereocenters. The first-order valence-electron chi connectivity index (χ1n) is 11.5. The molecule has 0 unspecified atom stereocenters. The van der Waals surface area contributed by atoms with Gasteiger partial charge in [0, 0.05) is 43.0 Å². The Morgan fingerprint density at radius 2 is 1.94 bits per heavy atom. The highest BCUT2D eigenvalue weighted by Gasteiger charge is 2.27. The van der Waals surface area contributed by atoms with Crippen LogP contribution < -0.4 is 5.32 Å². The summed E-state index contributed by atoms with van der Waals surface area (Å²) >= 11 is 0. The summed E-state index contributed by atoms with van der Waals surface area (Å²) in [4.78, 5) is 26.5. The number of rotatable bonds is 6. The molecule has 32 heavy (non-hydrogen) atoms. The number of pyridine rings is 1. The zero-order valence-electron chi connectivity index (χ0n) is 19.4. The molecule has 7 nitrogen and oxygen atoms in total. The van der Waals surface area contributed by atoms with Gasteiger partial charge in [0.15, 0.2) is 0 Å². The SMILES string of the molecule is CCc1nn(C)c(C(=O)NCC2CCC(c3nc(C)ncc3-c3ccccn3)CC2)c1C. The summed E-state index contributed by atoms with van der Waals surface area (Å²) in [6.07, 6.45) is 8.81. The molecule has 0 aliphatic heterocycles. The van der Waals surface area contributed by atoms with E-state index in [-0.39, 0.29) is 5.91 Å². The van der Waals surface area contributed by atoms with Crippen molar-refractivity contribution in [2.45, 2.75) is 58.8 Å². The van der Waals surface area contributed by atoms with Gasteiger partial charge in [-0.15, -0.1) is 0 Å². The van der Waals surface area contributed by atoms with Gasteiger partial charge in [0.05, 0.1) is 17.1 Å². The van der Waals surface area contributed by atoms with Crippen LogP contribution in [0, 0.1) is 19.8 Å². The van der Waals surface area contributed by atoms with Gasteiger partial charge >= 0.3 is 0 Å². The fourth-order valence-electron chi connectivity index (χ4n) is 4.82. The summed E-state index contributed by atoms with van der Waals surface area (Å²) in [7, 11) is 1.84. The van der Waals surface area contributed by atoms with Gasteiger partial charge in [0.25, 0.3) is 5.91 Å². The maximum atomic E-state index is 12.8. The molecule has 3 aromatic heterocycles.